The standard InChI is InChI=1S/C13H20ClNO2/c1-9(2)15-7-12(16)8-17-13-5-4-11(14)6-10(13)3/h4-6,9,12,15-16H,7-8H2,1-3H3/t12-/m1/s1. The lowest BCUT2D eigenvalue weighted by Gasteiger charge is -2.16. The third-order valence-electron chi connectivity index (χ3n) is 2.33. The second-order valence-electron chi connectivity index (χ2n) is 4.44. The van der Waals surface area contributed by atoms with E-state index in [0.29, 0.717) is 17.6 Å². The first kappa shape index (κ1) is 14.3. The highest BCUT2D eigenvalue weighted by Crippen LogP contribution is 2.21. The van der Waals surface area contributed by atoms with E-state index >= 15 is 0 Å². The van der Waals surface area contributed by atoms with Crippen LogP contribution in [0.15, 0.2) is 18.2 Å². The normalized spacial score (nSPS) is 12.8. The summed E-state index contributed by atoms with van der Waals surface area (Å²) in [6.45, 7) is 6.82. The molecular formula is C13H20ClNO2. The number of rotatable bonds is 6. The van der Waals surface area contributed by atoms with Gasteiger partial charge in [-0.2, -0.15) is 0 Å². The highest BCUT2D eigenvalue weighted by atomic mass is 35.5. The predicted molar refractivity (Wildman–Crippen MR) is 70.8 cm³/mol. The van der Waals surface area contributed by atoms with Gasteiger partial charge in [0, 0.05) is 17.6 Å². The maximum Gasteiger partial charge on any atom is 0.122 e. The maximum atomic E-state index is 9.69. The van der Waals surface area contributed by atoms with Crippen LogP contribution in [0.2, 0.25) is 5.02 Å². The molecular weight excluding hydrogens is 238 g/mol. The molecule has 0 aliphatic heterocycles. The number of nitrogens with one attached hydrogen (secondary N) is 1. The van der Waals surface area contributed by atoms with Gasteiger partial charge >= 0.3 is 0 Å². The lowest BCUT2D eigenvalue weighted by molar-refractivity contribution is 0.104. The Bertz CT molecular complexity index is 355. The Labute approximate surface area is 108 Å². The summed E-state index contributed by atoms with van der Waals surface area (Å²) in [6.07, 6.45) is -0.507. The predicted octanol–water partition coefficient (Wildman–Crippen LogP) is 2.39. The van der Waals surface area contributed by atoms with Gasteiger partial charge in [-0.25, -0.2) is 0 Å². The second kappa shape index (κ2) is 6.84. The first-order chi connectivity index (χ1) is 7.99. The molecule has 3 nitrogen and oxygen atoms in total. The SMILES string of the molecule is Cc1cc(Cl)ccc1OC[C@H](O)CNC(C)C. The van der Waals surface area contributed by atoms with Crippen molar-refractivity contribution in [1.82, 2.24) is 5.32 Å². The molecule has 96 valence electrons. The molecule has 4 heteroatoms. The van der Waals surface area contributed by atoms with Crippen LogP contribution in [-0.4, -0.2) is 30.4 Å². The van der Waals surface area contributed by atoms with Gasteiger partial charge in [-0.3, -0.25) is 0 Å². The van der Waals surface area contributed by atoms with Crippen molar-refractivity contribution in [3.05, 3.63) is 28.8 Å². The number of hydrogen-bond donors (Lipinski definition) is 2. The first-order valence-electron chi connectivity index (χ1n) is 5.79. The van der Waals surface area contributed by atoms with E-state index in [0.717, 1.165) is 11.3 Å². The van der Waals surface area contributed by atoms with Gasteiger partial charge in [-0.05, 0) is 30.7 Å². The van der Waals surface area contributed by atoms with Crippen molar-refractivity contribution < 1.29 is 9.84 Å². The van der Waals surface area contributed by atoms with Crippen LogP contribution in [0.1, 0.15) is 19.4 Å². The zero-order valence-electron chi connectivity index (χ0n) is 10.5. The molecule has 0 heterocycles. The fourth-order valence-electron chi connectivity index (χ4n) is 1.39. The van der Waals surface area contributed by atoms with Crippen LogP contribution in [-0.2, 0) is 0 Å². The van der Waals surface area contributed by atoms with Crippen LogP contribution in [0.5, 0.6) is 5.75 Å². The summed E-state index contributed by atoms with van der Waals surface area (Å²) in [5.74, 6) is 0.762. The van der Waals surface area contributed by atoms with Gasteiger partial charge in [-0.1, -0.05) is 25.4 Å². The molecule has 1 atom stereocenters. The minimum atomic E-state index is -0.507. The molecule has 0 radical (unpaired) electrons. The molecule has 2 N–H and O–H groups in total. The highest BCUT2D eigenvalue weighted by molar-refractivity contribution is 6.30. The molecule has 0 fully saturated rings. The quantitative estimate of drug-likeness (QED) is 0.822. The highest BCUT2D eigenvalue weighted by Gasteiger charge is 2.07. The van der Waals surface area contributed by atoms with Gasteiger partial charge in [0.1, 0.15) is 18.5 Å². The van der Waals surface area contributed by atoms with E-state index in [1.807, 2.05) is 32.9 Å². The molecule has 0 amide bonds. The molecule has 17 heavy (non-hydrogen) atoms. The maximum absolute atomic E-state index is 9.69. The van der Waals surface area contributed by atoms with Gasteiger partial charge in [0.2, 0.25) is 0 Å². The van der Waals surface area contributed by atoms with E-state index in [1.54, 1.807) is 6.07 Å². The topological polar surface area (TPSA) is 41.5 Å². The van der Waals surface area contributed by atoms with E-state index in [1.165, 1.54) is 0 Å². The number of aryl methyl sites for hydroxylation is 1. The summed E-state index contributed by atoms with van der Waals surface area (Å²) < 4.78 is 5.54. The first-order valence-corrected chi connectivity index (χ1v) is 6.17. The lowest BCUT2D eigenvalue weighted by Crippen LogP contribution is -2.35. The fourth-order valence-corrected chi connectivity index (χ4v) is 1.62. The van der Waals surface area contributed by atoms with Crippen molar-refractivity contribution in [2.45, 2.75) is 32.9 Å². The van der Waals surface area contributed by atoms with Crippen molar-refractivity contribution in [2.75, 3.05) is 13.2 Å². The summed E-state index contributed by atoms with van der Waals surface area (Å²) in [4.78, 5) is 0. The van der Waals surface area contributed by atoms with Crippen LogP contribution in [0.25, 0.3) is 0 Å². The summed E-state index contributed by atoms with van der Waals surface area (Å²) in [5, 5.41) is 13.5. The van der Waals surface area contributed by atoms with E-state index in [4.69, 9.17) is 16.3 Å². The number of hydrogen-bond acceptors (Lipinski definition) is 3. The minimum absolute atomic E-state index is 0.280. The Morgan fingerprint density at radius 3 is 2.71 bits per heavy atom. The second-order valence-corrected chi connectivity index (χ2v) is 4.87. The van der Waals surface area contributed by atoms with Crippen LogP contribution < -0.4 is 10.1 Å². The molecule has 0 spiro atoms. The number of benzene rings is 1. The molecule has 0 saturated heterocycles. The molecule has 0 unspecified atom stereocenters. The molecule has 0 saturated carbocycles. The van der Waals surface area contributed by atoms with E-state index in [9.17, 15) is 5.11 Å². The summed E-state index contributed by atoms with van der Waals surface area (Å²) in [6, 6.07) is 5.81. The van der Waals surface area contributed by atoms with Crippen molar-refractivity contribution in [3.8, 4) is 5.75 Å². The smallest absolute Gasteiger partial charge is 0.122 e. The Kier molecular flexibility index (Phi) is 5.75. The number of aliphatic hydroxyl groups excluding tert-OH is 1. The van der Waals surface area contributed by atoms with E-state index < -0.39 is 6.10 Å². The molecule has 1 aromatic rings. The van der Waals surface area contributed by atoms with Crippen molar-refractivity contribution in [3.63, 3.8) is 0 Å². The minimum Gasteiger partial charge on any atom is -0.491 e. The third-order valence-corrected chi connectivity index (χ3v) is 2.57. The Morgan fingerprint density at radius 1 is 1.41 bits per heavy atom. The summed E-state index contributed by atoms with van der Waals surface area (Å²) >= 11 is 5.85. The largest absolute Gasteiger partial charge is 0.491 e. The third kappa shape index (κ3) is 5.39. The fraction of sp³-hybridized carbons (Fsp3) is 0.538. The van der Waals surface area contributed by atoms with Gasteiger partial charge in [0.25, 0.3) is 0 Å². The Hall–Kier alpha value is -0.770. The van der Waals surface area contributed by atoms with Crippen molar-refractivity contribution >= 4 is 11.6 Å². The van der Waals surface area contributed by atoms with Crippen LogP contribution in [0, 0.1) is 6.92 Å². The molecule has 0 aromatic heterocycles. The summed E-state index contributed by atoms with van der Waals surface area (Å²) in [7, 11) is 0. The Balaban J connectivity index is 2.39. The van der Waals surface area contributed by atoms with Gasteiger partial charge < -0.3 is 15.2 Å². The van der Waals surface area contributed by atoms with Crippen LogP contribution in [0.4, 0.5) is 0 Å². The van der Waals surface area contributed by atoms with Gasteiger partial charge in [0.15, 0.2) is 0 Å². The average molecular weight is 258 g/mol. The number of halogens is 1. The lowest BCUT2D eigenvalue weighted by atomic mass is 10.2. The van der Waals surface area contributed by atoms with E-state index in [2.05, 4.69) is 5.32 Å². The molecule has 1 aromatic carbocycles. The van der Waals surface area contributed by atoms with E-state index in [-0.39, 0.29) is 6.61 Å². The van der Waals surface area contributed by atoms with Crippen molar-refractivity contribution in [1.29, 1.82) is 0 Å². The zero-order valence-corrected chi connectivity index (χ0v) is 11.3. The molecule has 1 rings (SSSR count). The number of aliphatic hydroxyl groups is 1. The summed E-state index contributed by atoms with van der Waals surface area (Å²) in [5.41, 5.74) is 0.974. The van der Waals surface area contributed by atoms with Crippen LogP contribution in [0.3, 0.4) is 0 Å². The molecule has 0 bridgehead atoms. The number of ether oxygens (including phenoxy) is 1. The van der Waals surface area contributed by atoms with Gasteiger partial charge in [-0.15, -0.1) is 0 Å². The monoisotopic (exact) mass is 257 g/mol. The zero-order chi connectivity index (χ0) is 12.8. The van der Waals surface area contributed by atoms with Gasteiger partial charge in [0.05, 0.1) is 0 Å². The average Bonchev–Trinajstić information content (AvgIpc) is 2.25. The molecule has 0 aliphatic carbocycles. The Morgan fingerprint density at radius 2 is 2.12 bits per heavy atom. The van der Waals surface area contributed by atoms with Crippen molar-refractivity contribution in [2.24, 2.45) is 0 Å². The van der Waals surface area contributed by atoms with Crippen LogP contribution >= 0.6 is 11.6 Å². The molecule has 0 aliphatic rings.